The van der Waals surface area contributed by atoms with Gasteiger partial charge >= 0.3 is 5.97 Å². The van der Waals surface area contributed by atoms with E-state index in [1.807, 2.05) is 0 Å². The van der Waals surface area contributed by atoms with E-state index in [2.05, 4.69) is 5.16 Å². The number of carboxylic acids is 1. The highest BCUT2D eigenvalue weighted by atomic mass is 16.5. The van der Waals surface area contributed by atoms with E-state index >= 15 is 0 Å². The second-order valence-corrected chi connectivity index (χ2v) is 4.16. The molecular weight excluding hydrogens is 182 g/mol. The summed E-state index contributed by atoms with van der Waals surface area (Å²) in [5, 5.41) is 12.8. The van der Waals surface area contributed by atoms with Gasteiger partial charge in [-0.25, -0.2) is 4.79 Å². The second-order valence-electron chi connectivity index (χ2n) is 4.16. The van der Waals surface area contributed by atoms with E-state index in [1.54, 1.807) is 0 Å². The Hall–Kier alpha value is -1.32. The lowest BCUT2D eigenvalue weighted by atomic mass is 10.1. The van der Waals surface area contributed by atoms with E-state index in [0.29, 0.717) is 11.8 Å². The number of carbonyl (C=O) groups is 1. The zero-order valence-corrected chi connectivity index (χ0v) is 7.69. The van der Waals surface area contributed by atoms with Gasteiger partial charge < -0.3 is 9.63 Å². The number of carboxylic acid groups (broad SMARTS) is 1. The normalized spacial score (nSPS) is 21.1. The van der Waals surface area contributed by atoms with Gasteiger partial charge in [-0.3, -0.25) is 0 Å². The maximum absolute atomic E-state index is 10.9. The van der Waals surface area contributed by atoms with Gasteiger partial charge in [0.15, 0.2) is 0 Å². The van der Waals surface area contributed by atoms with E-state index in [9.17, 15) is 4.79 Å². The average molecular weight is 193 g/mol. The first-order valence-electron chi connectivity index (χ1n) is 5.00. The molecule has 2 aliphatic carbocycles. The molecule has 4 nitrogen and oxygen atoms in total. The predicted molar refractivity (Wildman–Crippen MR) is 47.4 cm³/mol. The molecule has 0 unspecified atom stereocenters. The Labute approximate surface area is 80.9 Å². The smallest absolute Gasteiger partial charge is 0.375 e. The van der Waals surface area contributed by atoms with Crippen molar-refractivity contribution < 1.29 is 14.4 Å². The molecule has 0 radical (unpaired) electrons. The summed E-state index contributed by atoms with van der Waals surface area (Å²) in [5.41, 5.74) is 1.81. The summed E-state index contributed by atoms with van der Waals surface area (Å²) in [4.78, 5) is 10.9. The molecule has 0 aromatic carbocycles. The molecule has 2 aliphatic rings. The summed E-state index contributed by atoms with van der Waals surface area (Å²) in [5.74, 6) is -0.0221. The van der Waals surface area contributed by atoms with Crippen LogP contribution in [-0.2, 0) is 0 Å². The van der Waals surface area contributed by atoms with Gasteiger partial charge in [-0.05, 0) is 31.6 Å². The SMILES string of the molecule is O=C(O)c1onc(C2CC2)c1C1CC1. The van der Waals surface area contributed by atoms with E-state index < -0.39 is 5.97 Å². The van der Waals surface area contributed by atoms with Crippen LogP contribution in [0.4, 0.5) is 0 Å². The predicted octanol–water partition coefficient (Wildman–Crippen LogP) is 2.13. The summed E-state index contributed by atoms with van der Waals surface area (Å²) in [7, 11) is 0. The topological polar surface area (TPSA) is 63.3 Å². The first-order chi connectivity index (χ1) is 6.77. The number of hydrogen-bond acceptors (Lipinski definition) is 3. The zero-order valence-electron chi connectivity index (χ0n) is 7.69. The van der Waals surface area contributed by atoms with Gasteiger partial charge in [-0.2, -0.15) is 0 Å². The van der Waals surface area contributed by atoms with Gasteiger partial charge in [0.2, 0.25) is 5.76 Å². The van der Waals surface area contributed by atoms with E-state index in [4.69, 9.17) is 9.63 Å². The van der Waals surface area contributed by atoms with Crippen LogP contribution in [0.15, 0.2) is 4.52 Å². The van der Waals surface area contributed by atoms with Crippen LogP contribution in [0.2, 0.25) is 0 Å². The molecule has 2 saturated carbocycles. The molecule has 14 heavy (non-hydrogen) atoms. The largest absolute Gasteiger partial charge is 0.475 e. The first-order valence-corrected chi connectivity index (χ1v) is 5.00. The summed E-state index contributed by atoms with van der Waals surface area (Å²) in [6, 6.07) is 0. The molecule has 1 aromatic rings. The third-order valence-corrected chi connectivity index (χ3v) is 2.90. The Morgan fingerprint density at radius 1 is 1.29 bits per heavy atom. The minimum atomic E-state index is -0.980. The molecule has 0 amide bonds. The van der Waals surface area contributed by atoms with Crippen molar-refractivity contribution in [2.24, 2.45) is 0 Å². The van der Waals surface area contributed by atoms with Crippen molar-refractivity contribution >= 4 is 5.97 Å². The van der Waals surface area contributed by atoms with Gasteiger partial charge in [0.25, 0.3) is 0 Å². The Bertz CT molecular complexity index is 388. The molecule has 1 heterocycles. The van der Waals surface area contributed by atoms with Crippen LogP contribution in [0.25, 0.3) is 0 Å². The molecule has 3 rings (SSSR count). The van der Waals surface area contributed by atoms with E-state index in [0.717, 1.165) is 36.9 Å². The first kappa shape index (κ1) is 8.03. The molecule has 2 fully saturated rings. The average Bonchev–Trinajstić information content (AvgIpc) is 3.03. The van der Waals surface area contributed by atoms with Crippen molar-refractivity contribution in [1.82, 2.24) is 5.16 Å². The summed E-state index contributed by atoms with van der Waals surface area (Å²) < 4.78 is 4.91. The molecule has 0 aliphatic heterocycles. The van der Waals surface area contributed by atoms with Gasteiger partial charge in [0.05, 0.1) is 5.69 Å². The number of aromatic carboxylic acids is 1. The van der Waals surface area contributed by atoms with Gasteiger partial charge in [0, 0.05) is 11.5 Å². The number of aromatic nitrogens is 1. The Morgan fingerprint density at radius 3 is 2.43 bits per heavy atom. The van der Waals surface area contributed by atoms with Crippen molar-refractivity contribution in [3.8, 4) is 0 Å². The number of rotatable bonds is 3. The fourth-order valence-corrected chi connectivity index (χ4v) is 1.88. The minimum absolute atomic E-state index is 0.0781. The summed E-state index contributed by atoms with van der Waals surface area (Å²) in [6.45, 7) is 0. The number of nitrogens with zero attached hydrogens (tertiary/aromatic N) is 1. The standard InChI is InChI=1S/C10H11NO3/c12-10(13)9-7(5-1-2-5)8(11-14-9)6-3-4-6/h5-6H,1-4H2,(H,12,13). The van der Waals surface area contributed by atoms with Crippen molar-refractivity contribution in [2.45, 2.75) is 37.5 Å². The van der Waals surface area contributed by atoms with Gasteiger partial charge in [-0.15, -0.1) is 0 Å². The molecule has 1 N–H and O–H groups in total. The molecule has 0 atom stereocenters. The molecule has 74 valence electrons. The van der Waals surface area contributed by atoms with Crippen molar-refractivity contribution in [3.63, 3.8) is 0 Å². The van der Waals surface area contributed by atoms with Crippen LogP contribution in [0.3, 0.4) is 0 Å². The molecule has 4 heteroatoms. The van der Waals surface area contributed by atoms with Gasteiger partial charge in [-0.1, -0.05) is 5.16 Å². The number of hydrogen-bond donors (Lipinski definition) is 1. The Balaban J connectivity index is 2.06. The fraction of sp³-hybridized carbons (Fsp3) is 0.600. The van der Waals surface area contributed by atoms with E-state index in [-0.39, 0.29) is 5.76 Å². The summed E-state index contributed by atoms with van der Waals surface area (Å²) >= 11 is 0. The van der Waals surface area contributed by atoms with Crippen LogP contribution in [-0.4, -0.2) is 16.2 Å². The molecular formula is C10H11NO3. The zero-order chi connectivity index (χ0) is 9.71. The van der Waals surface area contributed by atoms with E-state index in [1.165, 1.54) is 0 Å². The summed E-state index contributed by atoms with van der Waals surface area (Å²) in [6.07, 6.45) is 4.43. The van der Waals surface area contributed by atoms with Gasteiger partial charge in [0.1, 0.15) is 0 Å². The highest BCUT2D eigenvalue weighted by Gasteiger charge is 2.39. The van der Waals surface area contributed by atoms with Crippen molar-refractivity contribution in [3.05, 3.63) is 17.0 Å². The maximum Gasteiger partial charge on any atom is 0.375 e. The molecule has 1 aromatic heterocycles. The second kappa shape index (κ2) is 2.59. The highest BCUT2D eigenvalue weighted by Crippen LogP contribution is 2.49. The van der Waals surface area contributed by atoms with Crippen LogP contribution < -0.4 is 0 Å². The third-order valence-electron chi connectivity index (χ3n) is 2.90. The molecule has 0 bridgehead atoms. The maximum atomic E-state index is 10.9. The van der Waals surface area contributed by atoms with Crippen molar-refractivity contribution in [2.75, 3.05) is 0 Å². The fourth-order valence-electron chi connectivity index (χ4n) is 1.88. The third kappa shape index (κ3) is 1.14. The quantitative estimate of drug-likeness (QED) is 0.798. The molecule has 0 saturated heterocycles. The lowest BCUT2D eigenvalue weighted by molar-refractivity contribution is 0.0650. The monoisotopic (exact) mass is 193 g/mol. The minimum Gasteiger partial charge on any atom is -0.475 e. The van der Waals surface area contributed by atoms with Crippen LogP contribution in [0.5, 0.6) is 0 Å². The van der Waals surface area contributed by atoms with Crippen LogP contribution >= 0.6 is 0 Å². The molecule has 0 spiro atoms. The Kier molecular flexibility index (Phi) is 1.48. The van der Waals surface area contributed by atoms with Crippen LogP contribution in [0.1, 0.15) is 59.3 Å². The van der Waals surface area contributed by atoms with Crippen molar-refractivity contribution in [1.29, 1.82) is 0 Å². The Morgan fingerprint density at radius 2 is 1.93 bits per heavy atom. The van der Waals surface area contributed by atoms with Crippen LogP contribution in [0, 0.1) is 0 Å². The lowest BCUT2D eigenvalue weighted by Crippen LogP contribution is -1.99. The lowest BCUT2D eigenvalue weighted by Gasteiger charge is -1.96. The highest BCUT2D eigenvalue weighted by molar-refractivity contribution is 5.86.